The van der Waals surface area contributed by atoms with Crippen LogP contribution < -0.4 is 0 Å². The molecule has 3 unspecified atom stereocenters. The Kier molecular flexibility index (Phi) is 4.57. The predicted octanol–water partition coefficient (Wildman–Crippen LogP) is 4.22. The van der Waals surface area contributed by atoms with Gasteiger partial charge in [0, 0.05) is 12.4 Å². The van der Waals surface area contributed by atoms with Crippen molar-refractivity contribution in [2.45, 2.75) is 37.7 Å². The molecule has 1 aromatic carbocycles. The van der Waals surface area contributed by atoms with Crippen molar-refractivity contribution in [3.05, 3.63) is 64.9 Å². The van der Waals surface area contributed by atoms with Crippen LogP contribution in [0, 0.1) is 5.92 Å². The smallest absolute Gasteiger partial charge is 0.0621 e. The average molecular weight is 302 g/mol. The Morgan fingerprint density at radius 2 is 1.95 bits per heavy atom. The second kappa shape index (κ2) is 6.59. The first-order valence-electron chi connectivity index (χ1n) is 7.55. The molecule has 1 aromatic heterocycles. The van der Waals surface area contributed by atoms with Crippen molar-refractivity contribution in [1.29, 1.82) is 0 Å². The number of aliphatic hydroxyl groups excluding tert-OH is 1. The van der Waals surface area contributed by atoms with E-state index in [9.17, 15) is 5.11 Å². The minimum absolute atomic E-state index is 0.228. The molecule has 3 rings (SSSR count). The van der Waals surface area contributed by atoms with E-state index in [-0.39, 0.29) is 12.0 Å². The fraction of sp³-hybridized carbons (Fsp3) is 0.389. The average Bonchev–Trinajstić information content (AvgIpc) is 2.52. The van der Waals surface area contributed by atoms with Crippen LogP contribution in [0.3, 0.4) is 0 Å². The van der Waals surface area contributed by atoms with E-state index in [1.54, 1.807) is 12.4 Å². The fourth-order valence-electron chi connectivity index (χ4n) is 3.35. The van der Waals surface area contributed by atoms with Crippen LogP contribution in [0.1, 0.15) is 36.3 Å². The topological polar surface area (TPSA) is 33.1 Å². The van der Waals surface area contributed by atoms with Gasteiger partial charge in [0.05, 0.1) is 11.1 Å². The molecule has 110 valence electrons. The van der Waals surface area contributed by atoms with Gasteiger partial charge in [0.15, 0.2) is 0 Å². The van der Waals surface area contributed by atoms with Crippen molar-refractivity contribution < 1.29 is 5.11 Å². The quantitative estimate of drug-likeness (QED) is 0.920. The van der Waals surface area contributed by atoms with E-state index in [0.29, 0.717) is 10.9 Å². The Morgan fingerprint density at radius 3 is 2.71 bits per heavy atom. The summed E-state index contributed by atoms with van der Waals surface area (Å²) in [6, 6.07) is 12.6. The number of benzene rings is 1. The zero-order chi connectivity index (χ0) is 14.7. The van der Waals surface area contributed by atoms with Gasteiger partial charge in [-0.2, -0.15) is 0 Å². The predicted molar refractivity (Wildman–Crippen MR) is 85.5 cm³/mol. The minimum atomic E-state index is -0.228. The zero-order valence-corrected chi connectivity index (χ0v) is 12.7. The summed E-state index contributed by atoms with van der Waals surface area (Å²) >= 11 is 6.20. The lowest BCUT2D eigenvalue weighted by Crippen LogP contribution is -2.30. The number of halogens is 1. The number of rotatable bonds is 3. The van der Waals surface area contributed by atoms with Gasteiger partial charge in [0.1, 0.15) is 0 Å². The molecular weight excluding hydrogens is 282 g/mol. The fourth-order valence-corrected chi connectivity index (χ4v) is 3.54. The highest BCUT2D eigenvalue weighted by atomic mass is 35.5. The summed E-state index contributed by atoms with van der Waals surface area (Å²) in [5.41, 5.74) is 2.47. The van der Waals surface area contributed by atoms with E-state index in [1.165, 1.54) is 5.56 Å². The van der Waals surface area contributed by atoms with Gasteiger partial charge in [-0.3, -0.25) is 4.98 Å². The van der Waals surface area contributed by atoms with Crippen LogP contribution >= 0.6 is 11.6 Å². The number of pyridine rings is 1. The molecule has 1 aliphatic rings. The van der Waals surface area contributed by atoms with Crippen LogP contribution in [0.4, 0.5) is 0 Å². The van der Waals surface area contributed by atoms with E-state index < -0.39 is 0 Å². The molecule has 0 aliphatic heterocycles. The third-order valence-corrected chi connectivity index (χ3v) is 4.89. The van der Waals surface area contributed by atoms with E-state index in [0.717, 1.165) is 31.2 Å². The van der Waals surface area contributed by atoms with E-state index in [4.69, 9.17) is 11.6 Å². The van der Waals surface area contributed by atoms with Crippen molar-refractivity contribution >= 4 is 11.6 Å². The summed E-state index contributed by atoms with van der Waals surface area (Å²) in [5, 5.41) is 11.0. The number of hydrogen-bond acceptors (Lipinski definition) is 2. The lowest BCUT2D eigenvalue weighted by atomic mass is 9.74. The highest BCUT2D eigenvalue weighted by molar-refractivity contribution is 6.31. The number of aromatic nitrogens is 1. The third kappa shape index (κ3) is 3.45. The van der Waals surface area contributed by atoms with E-state index >= 15 is 0 Å². The Morgan fingerprint density at radius 1 is 1.14 bits per heavy atom. The minimum Gasteiger partial charge on any atom is -0.393 e. The molecule has 3 heteroatoms. The van der Waals surface area contributed by atoms with Crippen LogP contribution in [0.25, 0.3) is 0 Å². The second-order valence-electron chi connectivity index (χ2n) is 5.92. The van der Waals surface area contributed by atoms with Crippen molar-refractivity contribution in [3.8, 4) is 0 Å². The molecule has 1 fully saturated rings. The van der Waals surface area contributed by atoms with E-state index in [2.05, 4.69) is 35.3 Å². The van der Waals surface area contributed by atoms with Gasteiger partial charge >= 0.3 is 0 Å². The highest BCUT2D eigenvalue weighted by Crippen LogP contribution is 2.38. The number of hydrogen-bond donors (Lipinski definition) is 1. The van der Waals surface area contributed by atoms with Crippen molar-refractivity contribution in [1.82, 2.24) is 4.98 Å². The second-order valence-corrected chi connectivity index (χ2v) is 6.33. The molecule has 1 aliphatic carbocycles. The summed E-state index contributed by atoms with van der Waals surface area (Å²) in [4.78, 5) is 4.03. The Balaban J connectivity index is 1.74. The molecule has 1 heterocycles. The maximum absolute atomic E-state index is 10.3. The van der Waals surface area contributed by atoms with Gasteiger partial charge < -0.3 is 5.11 Å². The van der Waals surface area contributed by atoms with Crippen molar-refractivity contribution in [3.63, 3.8) is 0 Å². The highest BCUT2D eigenvalue weighted by Gasteiger charge is 2.30. The molecule has 0 radical (unpaired) electrons. The van der Waals surface area contributed by atoms with Gasteiger partial charge in [0.2, 0.25) is 0 Å². The molecule has 0 saturated heterocycles. The molecule has 21 heavy (non-hydrogen) atoms. The van der Waals surface area contributed by atoms with Gasteiger partial charge in [-0.25, -0.2) is 0 Å². The SMILES string of the molecule is OC1CCC(c2ccccc2)CC1Cc1ccncc1Cl. The lowest BCUT2D eigenvalue weighted by molar-refractivity contribution is 0.0620. The van der Waals surface area contributed by atoms with Gasteiger partial charge in [-0.05, 0) is 54.7 Å². The maximum atomic E-state index is 10.3. The van der Waals surface area contributed by atoms with Crippen LogP contribution in [0.15, 0.2) is 48.8 Å². The van der Waals surface area contributed by atoms with Crippen molar-refractivity contribution in [2.24, 2.45) is 5.92 Å². The lowest BCUT2D eigenvalue weighted by Gasteiger charge is -2.34. The summed E-state index contributed by atoms with van der Waals surface area (Å²) < 4.78 is 0. The van der Waals surface area contributed by atoms with Gasteiger partial charge in [0.25, 0.3) is 0 Å². The molecule has 0 amide bonds. The van der Waals surface area contributed by atoms with Gasteiger partial charge in [-0.1, -0.05) is 41.9 Å². The zero-order valence-electron chi connectivity index (χ0n) is 12.0. The molecule has 2 aromatic rings. The summed E-state index contributed by atoms with van der Waals surface area (Å²) in [5.74, 6) is 0.809. The largest absolute Gasteiger partial charge is 0.393 e. The van der Waals surface area contributed by atoms with Crippen molar-refractivity contribution in [2.75, 3.05) is 0 Å². The maximum Gasteiger partial charge on any atom is 0.0621 e. The first-order valence-corrected chi connectivity index (χ1v) is 7.93. The normalized spacial score (nSPS) is 25.7. The molecular formula is C18H20ClNO. The van der Waals surface area contributed by atoms with Crippen LogP contribution in [-0.4, -0.2) is 16.2 Å². The number of nitrogens with zero attached hydrogens (tertiary/aromatic N) is 1. The molecule has 1 N–H and O–H groups in total. The summed E-state index contributed by atoms with van der Waals surface area (Å²) in [6.45, 7) is 0. The first-order chi connectivity index (χ1) is 10.2. The Bertz CT molecular complexity index is 587. The Labute approximate surface area is 130 Å². The molecule has 1 saturated carbocycles. The van der Waals surface area contributed by atoms with Crippen LogP contribution in [0.5, 0.6) is 0 Å². The molecule has 0 spiro atoms. The standard InChI is InChI=1S/C18H20ClNO/c19-17-12-20-9-8-15(17)11-16-10-14(6-7-18(16)21)13-4-2-1-3-5-13/h1-5,8-9,12,14,16,18,21H,6-7,10-11H2. The Hall–Kier alpha value is -1.38. The van der Waals surface area contributed by atoms with E-state index in [1.807, 2.05) is 6.07 Å². The van der Waals surface area contributed by atoms with Gasteiger partial charge in [-0.15, -0.1) is 0 Å². The molecule has 2 nitrogen and oxygen atoms in total. The molecule has 3 atom stereocenters. The van der Waals surface area contributed by atoms with Crippen LogP contribution in [0.2, 0.25) is 5.02 Å². The summed E-state index contributed by atoms with van der Waals surface area (Å²) in [7, 11) is 0. The number of aliphatic hydroxyl groups is 1. The third-order valence-electron chi connectivity index (χ3n) is 4.55. The monoisotopic (exact) mass is 301 g/mol. The first kappa shape index (κ1) is 14.6. The van der Waals surface area contributed by atoms with Crippen LogP contribution in [-0.2, 0) is 6.42 Å². The summed E-state index contributed by atoms with van der Waals surface area (Å²) in [6.07, 6.45) is 6.99. The molecule has 0 bridgehead atoms.